The summed E-state index contributed by atoms with van der Waals surface area (Å²) >= 11 is 0. The van der Waals surface area contributed by atoms with Crippen molar-refractivity contribution in [2.45, 2.75) is 165 Å². The number of benzene rings is 1. The summed E-state index contributed by atoms with van der Waals surface area (Å²) in [4.78, 5) is 187. The maximum atomic E-state index is 13.8. The van der Waals surface area contributed by atoms with Crippen LogP contribution in [0.2, 0.25) is 0 Å². The first kappa shape index (κ1) is 73.4. The Hall–Kier alpha value is -8.86. The minimum absolute atomic E-state index is 0.0134. The number of carbonyl (C=O) groups is 14. The Bertz CT molecular complexity index is 2830. The molecule has 34 nitrogen and oxygen atoms in total. The van der Waals surface area contributed by atoms with Gasteiger partial charge in [0.1, 0.15) is 60.4 Å². The Morgan fingerprint density at radius 1 is 0.636 bits per heavy atom. The summed E-state index contributed by atoms with van der Waals surface area (Å²) in [5.74, 6) is -14.7. The van der Waals surface area contributed by atoms with E-state index in [4.69, 9.17) is 22.9 Å². The zero-order chi connectivity index (χ0) is 66.1. The smallest absolute Gasteiger partial charge is 0.328 e. The van der Waals surface area contributed by atoms with Crippen molar-refractivity contribution in [2.24, 2.45) is 28.9 Å². The molecule has 0 spiro atoms. The van der Waals surface area contributed by atoms with Gasteiger partial charge in [-0.05, 0) is 83.4 Å². The van der Waals surface area contributed by atoms with E-state index < -0.39 is 194 Å². The molecule has 2 heterocycles. The van der Waals surface area contributed by atoms with E-state index in [0.29, 0.717) is 35.7 Å². The molecule has 0 radical (unpaired) electrons. The highest BCUT2D eigenvalue weighted by molar-refractivity contribution is 6.00. The number of unbranched alkanes of at least 4 members (excludes halogenated alkanes) is 1. The fraction of sp³-hybridized carbons (Fsp3) is 0.593. The fourth-order valence-corrected chi connectivity index (χ4v) is 9.06. The van der Waals surface area contributed by atoms with Crippen molar-refractivity contribution in [3.05, 3.63) is 36.0 Å². The molecule has 34 heteroatoms. The van der Waals surface area contributed by atoms with Crippen LogP contribution in [0.25, 0.3) is 10.9 Å². The minimum atomic E-state index is -1.77. The first-order valence-electron chi connectivity index (χ1n) is 28.4. The Balaban J connectivity index is 1.66. The molecule has 3 rings (SSSR count). The number of aromatic amines is 1. The number of aliphatic hydroxyl groups excluding tert-OH is 3. The summed E-state index contributed by atoms with van der Waals surface area (Å²) in [5, 5.41) is 63.5. The van der Waals surface area contributed by atoms with Crippen LogP contribution in [-0.2, 0) is 73.5 Å². The second-order valence-electron chi connectivity index (χ2n) is 21.5. The maximum Gasteiger partial charge on any atom is 0.328 e. The Morgan fingerprint density at radius 3 is 1.82 bits per heavy atom. The van der Waals surface area contributed by atoms with Crippen molar-refractivity contribution in [3.63, 3.8) is 0 Å². The van der Waals surface area contributed by atoms with Crippen molar-refractivity contribution >= 4 is 93.7 Å². The number of fused-ring (bicyclic) bond motifs is 1. The number of H-pyrrole nitrogens is 1. The molecule has 1 aliphatic rings. The fourth-order valence-electron chi connectivity index (χ4n) is 9.06. The molecular formula is C54H84N16O18. The zero-order valence-electron chi connectivity index (χ0n) is 49.6. The van der Waals surface area contributed by atoms with Crippen LogP contribution in [0.5, 0.6) is 0 Å². The summed E-state index contributed by atoms with van der Waals surface area (Å²) < 4.78 is 0. The van der Waals surface area contributed by atoms with Crippen LogP contribution in [0.3, 0.4) is 0 Å². The molecule has 488 valence electrons. The molecular weight excluding hydrogens is 1160 g/mol. The van der Waals surface area contributed by atoms with Gasteiger partial charge in [-0.3, -0.25) is 62.3 Å². The normalized spacial score (nSPS) is 16.7. The number of carboxylic acid groups (broad SMARTS) is 1. The lowest BCUT2D eigenvalue weighted by atomic mass is 10.0. The van der Waals surface area contributed by atoms with Crippen LogP contribution in [-0.4, -0.2) is 218 Å². The van der Waals surface area contributed by atoms with Crippen LogP contribution in [0.15, 0.2) is 30.5 Å². The highest BCUT2D eigenvalue weighted by Gasteiger charge is 2.40. The third kappa shape index (κ3) is 23.1. The first-order valence-corrected chi connectivity index (χ1v) is 28.4. The maximum absolute atomic E-state index is 13.8. The lowest BCUT2D eigenvalue weighted by Gasteiger charge is -2.29. The van der Waals surface area contributed by atoms with Gasteiger partial charge >= 0.3 is 5.97 Å². The number of para-hydroxylation sites is 1. The molecule has 88 heavy (non-hydrogen) atoms. The van der Waals surface area contributed by atoms with Crippen LogP contribution < -0.4 is 76.1 Å². The quantitative estimate of drug-likeness (QED) is 0.0279. The number of nitrogens with one attached hydrogen (secondary N) is 11. The molecule has 13 amide bonds. The van der Waals surface area contributed by atoms with Crippen molar-refractivity contribution in [1.29, 1.82) is 0 Å². The van der Waals surface area contributed by atoms with Crippen LogP contribution >= 0.6 is 0 Å². The van der Waals surface area contributed by atoms with E-state index in [0.717, 1.165) is 11.8 Å². The summed E-state index contributed by atoms with van der Waals surface area (Å²) in [6, 6.07) is -7.94. The minimum Gasteiger partial charge on any atom is -0.480 e. The second-order valence-corrected chi connectivity index (χ2v) is 21.5. The van der Waals surface area contributed by atoms with E-state index in [9.17, 15) is 87.5 Å². The Kier molecular flexibility index (Phi) is 29.8. The number of aliphatic carboxylic acids is 1. The molecule has 0 saturated carbocycles. The summed E-state index contributed by atoms with van der Waals surface area (Å²) in [6.07, 6.45) is -1.91. The molecule has 23 N–H and O–H groups in total. The van der Waals surface area contributed by atoms with Gasteiger partial charge in [-0.25, -0.2) is 4.79 Å². The number of rotatable bonds is 37. The monoisotopic (exact) mass is 1240 g/mol. The number of hydrogen-bond donors (Lipinski definition) is 19. The number of aromatic nitrogens is 1. The van der Waals surface area contributed by atoms with E-state index in [1.54, 1.807) is 30.5 Å². The highest BCUT2D eigenvalue weighted by atomic mass is 16.4. The van der Waals surface area contributed by atoms with Crippen LogP contribution in [0, 0.1) is 5.92 Å². The number of hydrogen-bond acceptors (Lipinski definition) is 19. The number of aliphatic hydroxyl groups is 3. The molecule has 1 aliphatic heterocycles. The largest absolute Gasteiger partial charge is 0.480 e. The topological polar surface area (TPSA) is 563 Å². The van der Waals surface area contributed by atoms with Crippen molar-refractivity contribution in [1.82, 2.24) is 63.1 Å². The van der Waals surface area contributed by atoms with Crippen molar-refractivity contribution < 1.29 is 87.5 Å². The zero-order valence-corrected chi connectivity index (χ0v) is 49.6. The van der Waals surface area contributed by atoms with Gasteiger partial charge in [0.05, 0.1) is 38.3 Å². The molecule has 0 aliphatic carbocycles. The van der Waals surface area contributed by atoms with E-state index in [1.165, 1.54) is 27.7 Å². The highest BCUT2D eigenvalue weighted by Crippen LogP contribution is 2.21. The van der Waals surface area contributed by atoms with E-state index in [2.05, 4.69) is 58.2 Å². The van der Waals surface area contributed by atoms with Gasteiger partial charge in [-0.1, -0.05) is 32.0 Å². The Morgan fingerprint density at radius 2 is 1.24 bits per heavy atom. The van der Waals surface area contributed by atoms with Gasteiger partial charge in [0.2, 0.25) is 76.8 Å². The number of carbonyl (C=O) groups excluding carboxylic acids is 13. The standard InChI is InChI=1S/C54H84N16O18/c1-25(2)43(51(84)61-23-40(76)63-32(13-8-9-17-55)46(79)60-22-41(77)64-33(15-16-38(56)74)53(86)70-18-10-14-37(70)49(82)67-36(24-71)54(87)88)68-48(81)35(20-39(57)75)65-45(78)26(3)62-52(85)44(28(5)73)69-47(80)34(66-50(83)42(58)27(4)72)19-29-21-59-31-12-7-6-11-30(29)31/h6-7,11-12,21,25-28,32-37,42-44,59,71-73H,8-10,13-20,22-24,55,58H2,1-5H3,(H2,56,74)(H2,57,75)(H,60,79)(H,61,84)(H,62,85)(H,63,76)(H,64,77)(H,65,78)(H,66,83)(H,67,82)(H,68,81)(H,69,80)(H,87,88)/t26?,27?,28?,32?,33?,34?,35?,36?,37-,42?,43?,44?/m0/s1. The average Bonchev–Trinajstić information content (AvgIpc) is 4.38. The number of likely N-dealkylation sites (tertiary alicyclic amines) is 1. The predicted molar refractivity (Wildman–Crippen MR) is 310 cm³/mol. The van der Waals surface area contributed by atoms with E-state index in [-0.39, 0.29) is 38.8 Å². The Labute approximate surface area is 505 Å². The number of nitrogens with two attached hydrogens (primary N) is 4. The number of primary amides is 2. The van der Waals surface area contributed by atoms with Gasteiger partial charge in [0.15, 0.2) is 0 Å². The summed E-state index contributed by atoms with van der Waals surface area (Å²) in [6.45, 7) is 4.34. The van der Waals surface area contributed by atoms with Crippen molar-refractivity contribution in [2.75, 3.05) is 32.8 Å². The molecule has 1 fully saturated rings. The van der Waals surface area contributed by atoms with Gasteiger partial charge in [0, 0.05) is 36.5 Å². The van der Waals surface area contributed by atoms with Gasteiger partial charge < -0.3 is 106 Å². The molecule has 1 aromatic carbocycles. The molecule has 1 saturated heterocycles. The van der Waals surface area contributed by atoms with Crippen LogP contribution in [0.4, 0.5) is 0 Å². The number of nitrogens with zero attached hydrogens (tertiary/aromatic N) is 1. The van der Waals surface area contributed by atoms with Gasteiger partial charge in [-0.2, -0.15) is 0 Å². The number of carboxylic acids is 1. The molecule has 0 bridgehead atoms. The van der Waals surface area contributed by atoms with Gasteiger partial charge in [0.25, 0.3) is 0 Å². The van der Waals surface area contributed by atoms with Gasteiger partial charge in [-0.15, -0.1) is 0 Å². The summed E-state index contributed by atoms with van der Waals surface area (Å²) in [7, 11) is 0. The molecule has 1 aromatic heterocycles. The lowest BCUT2D eigenvalue weighted by molar-refractivity contribution is -0.145. The number of amides is 13. The van der Waals surface area contributed by atoms with Crippen molar-refractivity contribution in [3.8, 4) is 0 Å². The third-order valence-corrected chi connectivity index (χ3v) is 14.0. The molecule has 11 unspecified atom stereocenters. The second kappa shape index (κ2) is 35.7. The molecule has 2 aromatic rings. The van der Waals surface area contributed by atoms with Crippen LogP contribution in [0.1, 0.15) is 91.5 Å². The van der Waals surface area contributed by atoms with E-state index in [1.807, 2.05) is 0 Å². The third-order valence-electron chi connectivity index (χ3n) is 14.0. The SMILES string of the molecule is CC(NC(=O)C(NC(=O)C(Cc1c[nH]c2ccccc12)NC(=O)C(N)C(C)O)C(C)O)C(=O)NC(CC(N)=O)C(=O)NC(C(=O)NCC(=O)NC(CCCCN)C(=O)NCC(=O)NC(CCC(N)=O)C(=O)N1CCC[C@H]1C(=O)NC(CO)C(=O)O)C(C)C. The first-order chi connectivity index (χ1) is 41.4. The van der Waals surface area contributed by atoms with E-state index >= 15 is 0 Å². The lowest BCUT2D eigenvalue weighted by Crippen LogP contribution is -2.62. The predicted octanol–water partition coefficient (Wildman–Crippen LogP) is -8.08. The summed E-state index contributed by atoms with van der Waals surface area (Å²) in [5.41, 5.74) is 23.5. The average molecular weight is 1250 g/mol. The molecule has 12 atom stereocenters.